The van der Waals surface area contributed by atoms with Crippen LogP contribution in [0, 0.1) is 0 Å². The van der Waals surface area contributed by atoms with Crippen molar-refractivity contribution in [3.05, 3.63) is 91.0 Å². The molecule has 5 aromatic carbocycles. The molecule has 0 amide bonds. The number of aromatic nitrogens is 1. The van der Waals surface area contributed by atoms with Gasteiger partial charge in [0.05, 0.1) is 16.4 Å². The third-order valence-corrected chi connectivity index (χ3v) is 6.68. The van der Waals surface area contributed by atoms with Gasteiger partial charge in [-0.25, -0.2) is 0 Å². The van der Waals surface area contributed by atoms with Gasteiger partial charge in [0, 0.05) is 16.2 Å². The molecule has 0 aliphatic heterocycles. The zero-order valence-corrected chi connectivity index (χ0v) is 16.0. The average molecular weight is 381 g/mol. The van der Waals surface area contributed by atoms with Crippen LogP contribution in [0.3, 0.4) is 0 Å². The van der Waals surface area contributed by atoms with Gasteiger partial charge in [-0.2, -0.15) is 0 Å². The monoisotopic (exact) mass is 381 g/mol. The first-order valence-corrected chi connectivity index (χ1v) is 10.3. The summed E-state index contributed by atoms with van der Waals surface area (Å²) in [5.41, 5.74) is 5.51. The van der Waals surface area contributed by atoms with Gasteiger partial charge in [0.2, 0.25) is 0 Å². The van der Waals surface area contributed by atoms with Crippen molar-refractivity contribution < 1.29 is 4.42 Å². The van der Waals surface area contributed by atoms with E-state index >= 15 is 0 Å². The highest BCUT2D eigenvalue weighted by molar-refractivity contribution is 6.31. The Morgan fingerprint density at radius 1 is 0.533 bits per heavy atom. The highest BCUT2D eigenvalue weighted by atomic mass is 16.3. The van der Waals surface area contributed by atoms with Crippen molar-refractivity contribution in [2.24, 2.45) is 0 Å². The Morgan fingerprint density at radius 2 is 1.30 bits per heavy atom. The molecule has 0 saturated carbocycles. The fraction of sp³-hybridized carbons (Fsp3) is 0. The molecule has 30 heavy (non-hydrogen) atoms. The average Bonchev–Trinajstić information content (AvgIpc) is 3.27. The van der Waals surface area contributed by atoms with Crippen molar-refractivity contribution in [2.75, 3.05) is 0 Å². The standard InChI is InChI=1S/C28H15NO/c1-2-7-18-15-23-21(14-17(18)6-1)28-27-26-24(30-28)13-12-16-8-5-10-20(25(16)26)19-9-3-4-11-22(19)29(23)27/h1-15H. The molecule has 3 heterocycles. The lowest BCUT2D eigenvalue weighted by molar-refractivity contribution is 0.673. The largest absolute Gasteiger partial charge is 0.454 e. The van der Waals surface area contributed by atoms with Crippen LogP contribution < -0.4 is 0 Å². The maximum Gasteiger partial charge on any atom is 0.161 e. The molecule has 0 fully saturated rings. The molecule has 0 unspecified atom stereocenters. The molecular formula is C28H15NO. The SMILES string of the molecule is c1ccc2cc3c(cc2c1)c1oc2ccc4cccc5c6ccccc6n3c1c2c45. The van der Waals surface area contributed by atoms with Gasteiger partial charge in [-0.05, 0) is 45.8 Å². The van der Waals surface area contributed by atoms with Crippen LogP contribution in [0.4, 0.5) is 0 Å². The fourth-order valence-electron chi connectivity index (χ4n) is 5.43. The molecule has 0 saturated heterocycles. The number of furan rings is 1. The van der Waals surface area contributed by atoms with Gasteiger partial charge in [0.15, 0.2) is 5.58 Å². The van der Waals surface area contributed by atoms with Gasteiger partial charge >= 0.3 is 0 Å². The molecule has 2 heteroatoms. The van der Waals surface area contributed by atoms with E-state index in [1.54, 1.807) is 0 Å². The van der Waals surface area contributed by atoms with Crippen molar-refractivity contribution in [2.45, 2.75) is 0 Å². The van der Waals surface area contributed by atoms with E-state index in [0.29, 0.717) is 0 Å². The first-order valence-electron chi connectivity index (χ1n) is 10.3. The van der Waals surface area contributed by atoms with E-state index in [1.165, 1.54) is 59.6 Å². The first-order chi connectivity index (χ1) is 14.9. The van der Waals surface area contributed by atoms with E-state index in [-0.39, 0.29) is 0 Å². The van der Waals surface area contributed by atoms with Crippen molar-refractivity contribution in [3.63, 3.8) is 0 Å². The van der Waals surface area contributed by atoms with Crippen LogP contribution in [0.15, 0.2) is 95.4 Å². The predicted molar refractivity (Wildman–Crippen MR) is 126 cm³/mol. The van der Waals surface area contributed by atoms with Gasteiger partial charge < -0.3 is 8.82 Å². The van der Waals surface area contributed by atoms with E-state index in [4.69, 9.17) is 4.42 Å². The van der Waals surface area contributed by atoms with Crippen molar-refractivity contribution in [1.82, 2.24) is 4.40 Å². The summed E-state index contributed by atoms with van der Waals surface area (Å²) in [7, 11) is 0. The Morgan fingerprint density at radius 3 is 2.23 bits per heavy atom. The quantitative estimate of drug-likeness (QED) is 0.261. The summed E-state index contributed by atoms with van der Waals surface area (Å²) in [6, 6.07) is 32.8. The number of nitrogens with zero attached hydrogens (tertiary/aromatic N) is 1. The van der Waals surface area contributed by atoms with Crippen LogP contribution in [0.25, 0.3) is 70.8 Å². The highest BCUT2D eigenvalue weighted by Crippen LogP contribution is 2.44. The van der Waals surface area contributed by atoms with Crippen LogP contribution in [0.5, 0.6) is 0 Å². The van der Waals surface area contributed by atoms with Gasteiger partial charge in [0.25, 0.3) is 0 Å². The number of hydrogen-bond acceptors (Lipinski definition) is 1. The van der Waals surface area contributed by atoms with E-state index in [0.717, 1.165) is 11.2 Å². The lowest BCUT2D eigenvalue weighted by Gasteiger charge is -2.03. The summed E-state index contributed by atoms with van der Waals surface area (Å²) in [5.74, 6) is 0. The van der Waals surface area contributed by atoms with Crippen molar-refractivity contribution in [3.8, 4) is 0 Å². The number of rotatable bonds is 0. The zero-order valence-electron chi connectivity index (χ0n) is 16.0. The summed E-state index contributed by atoms with van der Waals surface area (Å²) in [6.07, 6.45) is 0. The molecule has 0 N–H and O–H groups in total. The lowest BCUT2D eigenvalue weighted by atomic mass is 10.0. The molecule has 3 aromatic heterocycles. The highest BCUT2D eigenvalue weighted by Gasteiger charge is 2.22. The van der Waals surface area contributed by atoms with Crippen LogP contribution in [0.2, 0.25) is 0 Å². The second kappa shape index (κ2) is 4.92. The zero-order chi connectivity index (χ0) is 19.4. The van der Waals surface area contributed by atoms with Crippen LogP contribution in [-0.4, -0.2) is 4.40 Å². The van der Waals surface area contributed by atoms with E-state index in [1.807, 2.05) is 0 Å². The summed E-state index contributed by atoms with van der Waals surface area (Å²) < 4.78 is 8.94. The molecule has 8 aromatic rings. The molecule has 0 bridgehead atoms. The summed E-state index contributed by atoms with van der Waals surface area (Å²) in [4.78, 5) is 0. The molecule has 0 spiro atoms. The molecule has 0 radical (unpaired) electrons. The van der Waals surface area contributed by atoms with Gasteiger partial charge in [-0.3, -0.25) is 0 Å². The minimum atomic E-state index is 0.955. The van der Waals surface area contributed by atoms with Gasteiger partial charge in [0.1, 0.15) is 11.1 Å². The molecule has 0 aliphatic rings. The fourth-order valence-corrected chi connectivity index (χ4v) is 5.43. The van der Waals surface area contributed by atoms with Crippen LogP contribution >= 0.6 is 0 Å². The Kier molecular flexibility index (Phi) is 2.44. The molecule has 0 atom stereocenters. The lowest BCUT2D eigenvalue weighted by Crippen LogP contribution is -1.84. The van der Waals surface area contributed by atoms with E-state index in [2.05, 4.69) is 95.4 Å². The Hall–Kier alpha value is -4.04. The Bertz CT molecular complexity index is 1950. The molecule has 138 valence electrons. The van der Waals surface area contributed by atoms with Crippen LogP contribution in [-0.2, 0) is 0 Å². The van der Waals surface area contributed by atoms with Gasteiger partial charge in [-0.15, -0.1) is 0 Å². The van der Waals surface area contributed by atoms with Crippen molar-refractivity contribution >= 4 is 70.8 Å². The normalized spacial score (nSPS) is 12.7. The minimum Gasteiger partial charge on any atom is -0.454 e. The van der Waals surface area contributed by atoms with Crippen molar-refractivity contribution in [1.29, 1.82) is 0 Å². The van der Waals surface area contributed by atoms with Gasteiger partial charge in [-0.1, -0.05) is 66.7 Å². The second-order valence-electron chi connectivity index (χ2n) is 8.19. The number of benzene rings is 5. The topological polar surface area (TPSA) is 17.6 Å². The Balaban J connectivity index is 1.86. The summed E-state index contributed by atoms with van der Waals surface area (Å²) in [5, 5.41) is 9.94. The minimum absolute atomic E-state index is 0.955. The third kappa shape index (κ3) is 1.60. The second-order valence-corrected chi connectivity index (χ2v) is 8.19. The first kappa shape index (κ1) is 14.9. The molecular weight excluding hydrogens is 366 g/mol. The molecule has 2 nitrogen and oxygen atoms in total. The molecule has 8 rings (SSSR count). The molecule has 0 aliphatic carbocycles. The summed E-state index contributed by atoms with van der Waals surface area (Å²) in [6.45, 7) is 0. The summed E-state index contributed by atoms with van der Waals surface area (Å²) >= 11 is 0. The van der Waals surface area contributed by atoms with E-state index < -0.39 is 0 Å². The number of hydrogen-bond donors (Lipinski definition) is 0. The predicted octanol–water partition coefficient (Wildman–Crippen LogP) is 7.89. The Labute approximate surface area is 170 Å². The number of fused-ring (bicyclic) bond motifs is 7. The van der Waals surface area contributed by atoms with E-state index in [9.17, 15) is 0 Å². The van der Waals surface area contributed by atoms with Crippen LogP contribution in [0.1, 0.15) is 0 Å². The maximum absolute atomic E-state index is 6.53. The maximum atomic E-state index is 6.53. The number of para-hydroxylation sites is 1. The third-order valence-electron chi connectivity index (χ3n) is 6.68. The smallest absolute Gasteiger partial charge is 0.161 e.